The first kappa shape index (κ1) is 18.3. The minimum absolute atomic E-state index is 0.0123. The Labute approximate surface area is 143 Å². The van der Waals surface area contributed by atoms with Crippen LogP contribution in [0.5, 0.6) is 5.75 Å². The number of hydrogen-bond donors (Lipinski definition) is 0. The van der Waals surface area contributed by atoms with E-state index in [1.54, 1.807) is 31.1 Å². The molecule has 1 fully saturated rings. The normalized spacial score (nSPS) is 20.3. The molecular weight excluding hydrogens is 308 g/mol. The lowest BCUT2D eigenvalue weighted by Gasteiger charge is -2.30. The zero-order valence-corrected chi connectivity index (χ0v) is 14.8. The number of methoxy groups -OCH3 is 2. The summed E-state index contributed by atoms with van der Waals surface area (Å²) in [4.78, 5) is 28.8. The molecule has 0 N–H and O–H groups in total. The Bertz CT molecular complexity index is 590. The minimum atomic E-state index is -0.407. The average Bonchev–Trinajstić information content (AvgIpc) is 2.94. The van der Waals surface area contributed by atoms with Crippen LogP contribution >= 0.6 is 0 Å². The highest BCUT2D eigenvalue weighted by Crippen LogP contribution is 2.42. The van der Waals surface area contributed by atoms with E-state index in [2.05, 4.69) is 0 Å². The van der Waals surface area contributed by atoms with Gasteiger partial charge in [0.2, 0.25) is 11.8 Å². The van der Waals surface area contributed by atoms with Crippen LogP contribution in [0.3, 0.4) is 0 Å². The molecule has 6 heteroatoms. The lowest BCUT2D eigenvalue weighted by atomic mass is 9.91. The molecule has 1 aromatic carbocycles. The number of benzene rings is 1. The van der Waals surface area contributed by atoms with Gasteiger partial charge in [-0.25, -0.2) is 0 Å². The van der Waals surface area contributed by atoms with E-state index in [1.807, 2.05) is 31.2 Å². The molecule has 1 aliphatic heterocycles. The molecule has 0 aromatic heterocycles. The Morgan fingerprint density at radius 3 is 2.67 bits per heavy atom. The molecule has 1 aliphatic rings. The van der Waals surface area contributed by atoms with Crippen molar-refractivity contribution in [2.75, 3.05) is 41.0 Å². The summed E-state index contributed by atoms with van der Waals surface area (Å²) in [6, 6.07) is 7.24. The Balaban J connectivity index is 2.43. The van der Waals surface area contributed by atoms with Crippen LogP contribution in [-0.2, 0) is 14.3 Å². The SMILES string of the molecule is CCN(C)C(=O)[C@@H]1CC(=O)N(CCOC)[C@H]1c1ccccc1OC. The van der Waals surface area contributed by atoms with E-state index in [-0.39, 0.29) is 24.3 Å². The summed E-state index contributed by atoms with van der Waals surface area (Å²) in [6.07, 6.45) is 0.218. The lowest BCUT2D eigenvalue weighted by Crippen LogP contribution is -2.37. The highest BCUT2D eigenvalue weighted by atomic mass is 16.5. The fraction of sp³-hybridized carbons (Fsp3) is 0.556. The molecule has 1 aromatic rings. The highest BCUT2D eigenvalue weighted by molar-refractivity contribution is 5.90. The standard InChI is InChI=1S/C18H26N2O4/c1-5-19(2)18(22)14-12-16(21)20(10-11-23-3)17(14)13-8-6-7-9-15(13)24-4/h6-9,14,17H,5,10-12H2,1-4H3/t14-,17+/m1/s1. The molecule has 6 nitrogen and oxygen atoms in total. The van der Waals surface area contributed by atoms with Gasteiger partial charge in [-0.1, -0.05) is 18.2 Å². The van der Waals surface area contributed by atoms with Gasteiger partial charge in [0.25, 0.3) is 0 Å². The molecular formula is C18H26N2O4. The fourth-order valence-electron chi connectivity index (χ4n) is 3.20. The van der Waals surface area contributed by atoms with Gasteiger partial charge in [0, 0.05) is 39.2 Å². The van der Waals surface area contributed by atoms with Crippen molar-refractivity contribution < 1.29 is 19.1 Å². The van der Waals surface area contributed by atoms with E-state index >= 15 is 0 Å². The van der Waals surface area contributed by atoms with Crippen molar-refractivity contribution in [1.82, 2.24) is 9.80 Å². The average molecular weight is 334 g/mol. The first-order valence-corrected chi connectivity index (χ1v) is 8.21. The van der Waals surface area contributed by atoms with Crippen molar-refractivity contribution in [2.24, 2.45) is 5.92 Å². The van der Waals surface area contributed by atoms with Crippen LogP contribution in [-0.4, -0.2) is 62.6 Å². The molecule has 0 radical (unpaired) electrons. The number of amides is 2. The highest BCUT2D eigenvalue weighted by Gasteiger charge is 2.45. The maximum absolute atomic E-state index is 12.8. The van der Waals surface area contributed by atoms with Crippen LogP contribution in [0.25, 0.3) is 0 Å². The zero-order chi connectivity index (χ0) is 17.7. The Kier molecular flexibility index (Phi) is 6.20. The monoisotopic (exact) mass is 334 g/mol. The van der Waals surface area contributed by atoms with E-state index in [0.717, 1.165) is 5.56 Å². The molecule has 0 unspecified atom stereocenters. The van der Waals surface area contributed by atoms with Gasteiger partial charge in [-0.2, -0.15) is 0 Å². The molecule has 132 valence electrons. The smallest absolute Gasteiger partial charge is 0.228 e. The van der Waals surface area contributed by atoms with E-state index in [0.29, 0.717) is 25.4 Å². The summed E-state index contributed by atoms with van der Waals surface area (Å²) in [7, 11) is 4.97. The number of hydrogen-bond acceptors (Lipinski definition) is 4. The number of carbonyl (C=O) groups excluding carboxylic acids is 2. The number of para-hydroxylation sites is 1. The molecule has 2 rings (SSSR count). The first-order valence-electron chi connectivity index (χ1n) is 8.21. The van der Waals surface area contributed by atoms with Gasteiger partial charge < -0.3 is 19.3 Å². The third kappa shape index (κ3) is 3.53. The molecule has 2 atom stereocenters. The van der Waals surface area contributed by atoms with Crippen LogP contribution < -0.4 is 4.74 Å². The number of rotatable bonds is 7. The third-order valence-corrected chi connectivity index (χ3v) is 4.59. The van der Waals surface area contributed by atoms with Crippen molar-refractivity contribution >= 4 is 11.8 Å². The van der Waals surface area contributed by atoms with Gasteiger partial charge in [-0.05, 0) is 13.0 Å². The number of ether oxygens (including phenoxy) is 2. The van der Waals surface area contributed by atoms with Gasteiger partial charge in [0.15, 0.2) is 0 Å². The van der Waals surface area contributed by atoms with Crippen LogP contribution in [0.4, 0.5) is 0 Å². The predicted molar refractivity (Wildman–Crippen MR) is 90.7 cm³/mol. The molecule has 2 amide bonds. The van der Waals surface area contributed by atoms with Gasteiger partial charge in [-0.15, -0.1) is 0 Å². The summed E-state index contributed by atoms with van der Waals surface area (Å²) in [5.74, 6) is 0.250. The summed E-state index contributed by atoms with van der Waals surface area (Å²) < 4.78 is 10.6. The third-order valence-electron chi connectivity index (χ3n) is 4.59. The second kappa shape index (κ2) is 8.15. The largest absolute Gasteiger partial charge is 0.496 e. The fourth-order valence-corrected chi connectivity index (χ4v) is 3.20. The maximum Gasteiger partial charge on any atom is 0.228 e. The summed E-state index contributed by atoms with van der Waals surface area (Å²) in [6.45, 7) is 3.43. The minimum Gasteiger partial charge on any atom is -0.496 e. The first-order chi connectivity index (χ1) is 11.5. The van der Waals surface area contributed by atoms with Crippen molar-refractivity contribution in [3.05, 3.63) is 29.8 Å². The van der Waals surface area contributed by atoms with E-state index < -0.39 is 5.92 Å². The summed E-state index contributed by atoms with van der Waals surface area (Å²) >= 11 is 0. The molecule has 1 saturated heterocycles. The van der Waals surface area contributed by atoms with Crippen LogP contribution in [0.2, 0.25) is 0 Å². The lowest BCUT2D eigenvalue weighted by molar-refractivity contribution is -0.135. The molecule has 0 bridgehead atoms. The quantitative estimate of drug-likeness (QED) is 0.762. The van der Waals surface area contributed by atoms with Crippen LogP contribution in [0, 0.1) is 5.92 Å². The van der Waals surface area contributed by atoms with Gasteiger partial charge in [0.05, 0.1) is 25.7 Å². The molecule has 24 heavy (non-hydrogen) atoms. The number of likely N-dealkylation sites (tertiary alicyclic amines) is 1. The summed E-state index contributed by atoms with van der Waals surface area (Å²) in [5.41, 5.74) is 0.866. The van der Waals surface area contributed by atoms with E-state index in [1.165, 1.54) is 0 Å². The van der Waals surface area contributed by atoms with Crippen molar-refractivity contribution in [3.8, 4) is 5.75 Å². The number of carbonyl (C=O) groups is 2. The second-order valence-electron chi connectivity index (χ2n) is 5.93. The predicted octanol–water partition coefficient (Wildman–Crippen LogP) is 1.71. The Hall–Kier alpha value is -2.08. The summed E-state index contributed by atoms with van der Waals surface area (Å²) in [5, 5.41) is 0. The zero-order valence-electron chi connectivity index (χ0n) is 14.8. The molecule has 0 saturated carbocycles. The van der Waals surface area contributed by atoms with Crippen molar-refractivity contribution in [2.45, 2.75) is 19.4 Å². The Morgan fingerprint density at radius 1 is 1.33 bits per heavy atom. The van der Waals surface area contributed by atoms with Crippen molar-refractivity contribution in [1.29, 1.82) is 0 Å². The maximum atomic E-state index is 12.8. The van der Waals surface area contributed by atoms with Gasteiger partial charge in [0.1, 0.15) is 5.75 Å². The number of nitrogens with zero attached hydrogens (tertiary/aromatic N) is 2. The van der Waals surface area contributed by atoms with Crippen LogP contribution in [0.1, 0.15) is 24.9 Å². The van der Waals surface area contributed by atoms with E-state index in [9.17, 15) is 9.59 Å². The second-order valence-corrected chi connectivity index (χ2v) is 5.93. The van der Waals surface area contributed by atoms with E-state index in [4.69, 9.17) is 9.47 Å². The Morgan fingerprint density at radius 2 is 2.04 bits per heavy atom. The van der Waals surface area contributed by atoms with Gasteiger partial charge >= 0.3 is 0 Å². The van der Waals surface area contributed by atoms with Crippen LogP contribution in [0.15, 0.2) is 24.3 Å². The van der Waals surface area contributed by atoms with Crippen molar-refractivity contribution in [3.63, 3.8) is 0 Å². The molecule has 0 aliphatic carbocycles. The molecule has 0 spiro atoms. The van der Waals surface area contributed by atoms with Gasteiger partial charge in [-0.3, -0.25) is 9.59 Å². The molecule has 1 heterocycles. The topological polar surface area (TPSA) is 59.1 Å².